The van der Waals surface area contributed by atoms with E-state index in [-0.39, 0.29) is 0 Å². The molecule has 0 aliphatic carbocycles. The fourth-order valence-corrected chi connectivity index (χ4v) is 1.98. The maximum atomic E-state index is 10.2. The normalized spacial score (nSPS) is 22.4. The van der Waals surface area contributed by atoms with E-state index in [1.807, 2.05) is 24.3 Å². The SMILES string of the molecule is O=C/C=C/C[C@H]1COC/C1=C\c1ccccc1. The number of hydrogen-bond acceptors (Lipinski definition) is 2. The molecule has 2 rings (SSSR count). The van der Waals surface area contributed by atoms with Gasteiger partial charge in [0, 0.05) is 5.92 Å². The molecule has 0 radical (unpaired) electrons. The third-order valence-electron chi connectivity index (χ3n) is 2.90. The third kappa shape index (κ3) is 3.40. The van der Waals surface area contributed by atoms with Gasteiger partial charge in [0.2, 0.25) is 0 Å². The number of hydrogen-bond donors (Lipinski definition) is 0. The maximum Gasteiger partial charge on any atom is 0.142 e. The van der Waals surface area contributed by atoms with Crippen LogP contribution in [0.4, 0.5) is 0 Å². The Morgan fingerprint density at radius 1 is 1.29 bits per heavy atom. The minimum atomic E-state index is 0.409. The summed E-state index contributed by atoms with van der Waals surface area (Å²) in [6.45, 7) is 1.45. The summed E-state index contributed by atoms with van der Waals surface area (Å²) in [6, 6.07) is 10.2. The number of rotatable bonds is 4. The van der Waals surface area contributed by atoms with Crippen molar-refractivity contribution in [2.24, 2.45) is 5.92 Å². The van der Waals surface area contributed by atoms with Gasteiger partial charge in [-0.25, -0.2) is 0 Å². The van der Waals surface area contributed by atoms with Crippen molar-refractivity contribution in [2.75, 3.05) is 13.2 Å². The molecular formula is C15H16O2. The van der Waals surface area contributed by atoms with Crippen LogP contribution in [-0.2, 0) is 9.53 Å². The molecule has 0 aromatic heterocycles. The Morgan fingerprint density at radius 2 is 2.12 bits per heavy atom. The molecule has 0 saturated carbocycles. The predicted molar refractivity (Wildman–Crippen MR) is 68.5 cm³/mol. The molecule has 0 amide bonds. The average molecular weight is 228 g/mol. The Kier molecular flexibility index (Phi) is 4.28. The zero-order valence-electron chi connectivity index (χ0n) is 9.71. The minimum Gasteiger partial charge on any atom is -0.376 e. The van der Waals surface area contributed by atoms with Crippen LogP contribution in [0, 0.1) is 5.92 Å². The van der Waals surface area contributed by atoms with E-state index in [1.54, 1.807) is 6.08 Å². The number of allylic oxidation sites excluding steroid dienone is 2. The topological polar surface area (TPSA) is 26.3 Å². The smallest absolute Gasteiger partial charge is 0.142 e. The maximum absolute atomic E-state index is 10.2. The van der Waals surface area contributed by atoms with Crippen molar-refractivity contribution in [3.8, 4) is 0 Å². The van der Waals surface area contributed by atoms with Crippen LogP contribution in [0.3, 0.4) is 0 Å². The third-order valence-corrected chi connectivity index (χ3v) is 2.90. The molecule has 1 aromatic rings. The van der Waals surface area contributed by atoms with Crippen molar-refractivity contribution in [1.29, 1.82) is 0 Å². The van der Waals surface area contributed by atoms with Crippen molar-refractivity contribution in [2.45, 2.75) is 6.42 Å². The van der Waals surface area contributed by atoms with Crippen LogP contribution in [0.2, 0.25) is 0 Å². The molecular weight excluding hydrogens is 212 g/mol. The van der Waals surface area contributed by atoms with E-state index in [0.29, 0.717) is 12.5 Å². The monoisotopic (exact) mass is 228 g/mol. The van der Waals surface area contributed by atoms with Gasteiger partial charge in [0.1, 0.15) is 6.29 Å². The Hall–Kier alpha value is -1.67. The molecule has 0 unspecified atom stereocenters. The lowest BCUT2D eigenvalue weighted by atomic mass is 9.97. The van der Waals surface area contributed by atoms with Crippen LogP contribution < -0.4 is 0 Å². The van der Waals surface area contributed by atoms with Crippen molar-refractivity contribution >= 4 is 12.4 Å². The quantitative estimate of drug-likeness (QED) is 0.585. The van der Waals surface area contributed by atoms with E-state index in [0.717, 1.165) is 19.3 Å². The molecule has 88 valence electrons. The Labute approximate surface area is 102 Å². The molecule has 1 fully saturated rings. The number of carbonyl (C=O) groups is 1. The standard InChI is InChI=1S/C15H16O2/c16-9-5-4-8-14-11-17-12-15(14)10-13-6-2-1-3-7-13/h1-7,9-10,14H,8,11-12H2/b5-4+,15-10+/t14-/m0/s1. The Balaban J connectivity index is 2.06. The van der Waals surface area contributed by atoms with Crippen LogP contribution in [0.1, 0.15) is 12.0 Å². The lowest BCUT2D eigenvalue weighted by molar-refractivity contribution is -0.104. The van der Waals surface area contributed by atoms with Crippen molar-refractivity contribution in [1.82, 2.24) is 0 Å². The second-order valence-corrected chi connectivity index (χ2v) is 4.14. The highest BCUT2D eigenvalue weighted by atomic mass is 16.5. The number of aldehydes is 1. The summed E-state index contributed by atoms with van der Waals surface area (Å²) < 4.78 is 5.48. The molecule has 0 bridgehead atoms. The van der Waals surface area contributed by atoms with Crippen LogP contribution in [0.5, 0.6) is 0 Å². The first-order valence-corrected chi connectivity index (χ1v) is 5.83. The highest BCUT2D eigenvalue weighted by Gasteiger charge is 2.20. The van der Waals surface area contributed by atoms with Gasteiger partial charge < -0.3 is 4.74 Å². The van der Waals surface area contributed by atoms with E-state index < -0.39 is 0 Å². The highest BCUT2D eigenvalue weighted by Crippen LogP contribution is 2.25. The first kappa shape index (κ1) is 11.8. The molecule has 17 heavy (non-hydrogen) atoms. The van der Waals surface area contributed by atoms with Gasteiger partial charge >= 0.3 is 0 Å². The van der Waals surface area contributed by atoms with Crippen LogP contribution >= 0.6 is 0 Å². The fourth-order valence-electron chi connectivity index (χ4n) is 1.98. The van der Waals surface area contributed by atoms with Crippen molar-refractivity contribution in [3.63, 3.8) is 0 Å². The van der Waals surface area contributed by atoms with Crippen LogP contribution in [-0.4, -0.2) is 19.5 Å². The summed E-state index contributed by atoms with van der Waals surface area (Å²) in [4.78, 5) is 10.2. The fraction of sp³-hybridized carbons (Fsp3) is 0.267. The first-order valence-electron chi connectivity index (χ1n) is 5.83. The summed E-state index contributed by atoms with van der Waals surface area (Å²) in [5, 5.41) is 0. The van der Waals surface area contributed by atoms with Gasteiger partial charge in [-0.2, -0.15) is 0 Å². The van der Waals surface area contributed by atoms with Gasteiger partial charge in [0.05, 0.1) is 13.2 Å². The van der Waals surface area contributed by atoms with Gasteiger partial charge in [-0.1, -0.05) is 42.5 Å². The average Bonchev–Trinajstić information content (AvgIpc) is 2.79. The summed E-state index contributed by atoms with van der Waals surface area (Å²) >= 11 is 0. The molecule has 1 aliphatic rings. The summed E-state index contributed by atoms with van der Waals surface area (Å²) in [7, 11) is 0. The van der Waals surface area contributed by atoms with Gasteiger partial charge in [-0.3, -0.25) is 4.79 Å². The second kappa shape index (κ2) is 6.16. The molecule has 1 saturated heterocycles. The number of benzene rings is 1. The summed E-state index contributed by atoms with van der Waals surface area (Å²) in [6.07, 6.45) is 7.34. The summed E-state index contributed by atoms with van der Waals surface area (Å²) in [5.41, 5.74) is 2.52. The number of carbonyl (C=O) groups excluding carboxylic acids is 1. The van der Waals surface area contributed by atoms with E-state index in [1.165, 1.54) is 11.1 Å². The van der Waals surface area contributed by atoms with E-state index in [9.17, 15) is 4.79 Å². The predicted octanol–water partition coefficient (Wildman–Crippen LogP) is 2.86. The minimum absolute atomic E-state index is 0.409. The van der Waals surface area contributed by atoms with E-state index in [2.05, 4.69) is 18.2 Å². The molecule has 1 aliphatic heterocycles. The molecule has 1 aromatic carbocycles. The highest BCUT2D eigenvalue weighted by molar-refractivity contribution is 5.64. The molecule has 2 nitrogen and oxygen atoms in total. The lowest BCUT2D eigenvalue weighted by Crippen LogP contribution is -2.00. The lowest BCUT2D eigenvalue weighted by Gasteiger charge is -2.06. The molecule has 2 heteroatoms. The molecule has 0 N–H and O–H groups in total. The molecule has 0 spiro atoms. The summed E-state index contributed by atoms with van der Waals surface area (Å²) in [5.74, 6) is 0.409. The Morgan fingerprint density at radius 3 is 2.88 bits per heavy atom. The van der Waals surface area contributed by atoms with Gasteiger partial charge in [-0.05, 0) is 23.6 Å². The van der Waals surface area contributed by atoms with Gasteiger partial charge in [0.25, 0.3) is 0 Å². The first-order chi connectivity index (χ1) is 8.40. The molecule has 1 atom stereocenters. The van der Waals surface area contributed by atoms with Gasteiger partial charge in [0.15, 0.2) is 0 Å². The zero-order valence-corrected chi connectivity index (χ0v) is 9.71. The van der Waals surface area contributed by atoms with Crippen LogP contribution in [0.25, 0.3) is 6.08 Å². The van der Waals surface area contributed by atoms with E-state index in [4.69, 9.17) is 4.74 Å². The Bertz CT molecular complexity index is 418. The van der Waals surface area contributed by atoms with Crippen molar-refractivity contribution < 1.29 is 9.53 Å². The van der Waals surface area contributed by atoms with Crippen LogP contribution in [0.15, 0.2) is 48.1 Å². The number of ether oxygens (including phenoxy) is 1. The van der Waals surface area contributed by atoms with E-state index >= 15 is 0 Å². The second-order valence-electron chi connectivity index (χ2n) is 4.14. The molecule has 1 heterocycles. The van der Waals surface area contributed by atoms with Gasteiger partial charge in [-0.15, -0.1) is 0 Å². The largest absolute Gasteiger partial charge is 0.376 e. The zero-order chi connectivity index (χ0) is 11.9. The van der Waals surface area contributed by atoms with Crippen molar-refractivity contribution in [3.05, 3.63) is 53.6 Å².